The van der Waals surface area contributed by atoms with E-state index in [0.29, 0.717) is 21.6 Å². The molecule has 2 aromatic rings. The van der Waals surface area contributed by atoms with E-state index in [1.807, 2.05) is 0 Å². The van der Waals surface area contributed by atoms with Crippen LogP contribution in [0.5, 0.6) is 0 Å². The first-order valence-corrected chi connectivity index (χ1v) is 6.39. The molecule has 1 aliphatic rings. The molecule has 0 unspecified atom stereocenters. The Labute approximate surface area is 111 Å². The molecule has 0 aliphatic heterocycles. The van der Waals surface area contributed by atoms with Crippen molar-refractivity contribution in [2.45, 2.75) is 0 Å². The lowest BCUT2D eigenvalue weighted by Gasteiger charge is -2.14. The molecular formula is C12H4Cl2O2S. The van der Waals surface area contributed by atoms with Gasteiger partial charge < -0.3 is 0 Å². The van der Waals surface area contributed by atoms with Gasteiger partial charge in [0, 0.05) is 16.7 Å². The first kappa shape index (κ1) is 11.0. The van der Waals surface area contributed by atoms with Crippen LogP contribution in [0.2, 0.25) is 10.0 Å². The van der Waals surface area contributed by atoms with Crippen LogP contribution in [0, 0.1) is 0 Å². The minimum atomic E-state index is -0.172. The Hall–Kier alpha value is -1.16. The van der Waals surface area contributed by atoms with Crippen LogP contribution in [0.15, 0.2) is 23.6 Å². The smallest absolute Gasteiger partial charge is 0.204 e. The van der Waals surface area contributed by atoms with Crippen molar-refractivity contribution in [2.24, 2.45) is 0 Å². The van der Waals surface area contributed by atoms with Crippen molar-refractivity contribution in [3.05, 3.63) is 55.2 Å². The number of carbonyl (C=O) groups excluding carboxylic acids is 2. The van der Waals surface area contributed by atoms with Gasteiger partial charge >= 0.3 is 0 Å². The molecule has 0 spiro atoms. The van der Waals surface area contributed by atoms with Gasteiger partial charge in [-0.15, -0.1) is 11.3 Å². The first-order valence-electron chi connectivity index (χ1n) is 4.75. The molecule has 1 aromatic heterocycles. The van der Waals surface area contributed by atoms with Crippen molar-refractivity contribution in [3.63, 3.8) is 0 Å². The van der Waals surface area contributed by atoms with Gasteiger partial charge in [0.05, 0.1) is 14.9 Å². The fourth-order valence-corrected chi connectivity index (χ4v) is 3.03. The molecule has 0 radical (unpaired) electrons. The van der Waals surface area contributed by atoms with Crippen LogP contribution in [-0.2, 0) is 0 Å². The van der Waals surface area contributed by atoms with E-state index in [9.17, 15) is 9.59 Å². The van der Waals surface area contributed by atoms with Gasteiger partial charge in [0.25, 0.3) is 0 Å². The SMILES string of the molecule is O=C1c2cc(Cl)c(Cl)cc2C(=O)c2sccc21. The van der Waals surface area contributed by atoms with Crippen molar-refractivity contribution in [2.75, 3.05) is 0 Å². The molecule has 84 valence electrons. The van der Waals surface area contributed by atoms with E-state index < -0.39 is 0 Å². The predicted octanol–water partition coefficient (Wildman–Crippen LogP) is 3.83. The highest BCUT2D eigenvalue weighted by Crippen LogP contribution is 2.35. The molecule has 5 heteroatoms. The fourth-order valence-electron chi connectivity index (χ4n) is 1.85. The lowest BCUT2D eigenvalue weighted by molar-refractivity contribution is 0.0982. The summed E-state index contributed by atoms with van der Waals surface area (Å²) < 4.78 is 0. The Bertz CT molecular complexity index is 618. The summed E-state index contributed by atoms with van der Waals surface area (Å²) >= 11 is 13.0. The maximum atomic E-state index is 12.1. The average Bonchev–Trinajstić information content (AvgIpc) is 2.78. The minimum Gasteiger partial charge on any atom is -0.289 e. The Morgan fingerprint density at radius 3 is 2.12 bits per heavy atom. The number of halogens is 2. The lowest BCUT2D eigenvalue weighted by atomic mass is 9.89. The van der Waals surface area contributed by atoms with Gasteiger partial charge in [-0.2, -0.15) is 0 Å². The second-order valence-corrected chi connectivity index (χ2v) is 5.36. The third kappa shape index (κ3) is 1.47. The molecule has 0 fully saturated rings. The molecule has 0 N–H and O–H groups in total. The summed E-state index contributed by atoms with van der Waals surface area (Å²) in [5, 5.41) is 2.30. The molecule has 0 saturated heterocycles. The van der Waals surface area contributed by atoms with Gasteiger partial charge in [-0.3, -0.25) is 9.59 Å². The van der Waals surface area contributed by atoms with Gasteiger partial charge in [-0.25, -0.2) is 0 Å². The van der Waals surface area contributed by atoms with Gasteiger partial charge in [0.1, 0.15) is 0 Å². The predicted molar refractivity (Wildman–Crippen MR) is 67.6 cm³/mol. The van der Waals surface area contributed by atoms with Gasteiger partial charge in [0.2, 0.25) is 5.78 Å². The van der Waals surface area contributed by atoms with Crippen LogP contribution < -0.4 is 0 Å². The molecule has 2 nitrogen and oxygen atoms in total. The molecule has 0 atom stereocenters. The highest BCUT2D eigenvalue weighted by atomic mass is 35.5. The fraction of sp³-hybridized carbons (Fsp3) is 0. The second kappa shape index (κ2) is 3.67. The summed E-state index contributed by atoms with van der Waals surface area (Å²) in [6, 6.07) is 4.58. The van der Waals surface area contributed by atoms with Crippen LogP contribution in [-0.4, -0.2) is 11.6 Å². The number of hydrogen-bond donors (Lipinski definition) is 0. The monoisotopic (exact) mass is 282 g/mol. The average molecular weight is 283 g/mol. The molecule has 17 heavy (non-hydrogen) atoms. The number of ketones is 2. The van der Waals surface area contributed by atoms with E-state index in [1.54, 1.807) is 11.4 Å². The zero-order chi connectivity index (χ0) is 12.2. The van der Waals surface area contributed by atoms with Gasteiger partial charge in [-0.05, 0) is 23.6 Å². The topological polar surface area (TPSA) is 34.1 Å². The number of fused-ring (bicyclic) bond motifs is 2. The zero-order valence-corrected chi connectivity index (χ0v) is 10.6. The quantitative estimate of drug-likeness (QED) is 0.628. The van der Waals surface area contributed by atoms with Crippen LogP contribution in [0.25, 0.3) is 0 Å². The molecular weight excluding hydrogens is 279 g/mol. The molecule has 3 rings (SSSR count). The third-order valence-electron chi connectivity index (χ3n) is 2.67. The van der Waals surface area contributed by atoms with E-state index in [0.717, 1.165) is 0 Å². The number of thiophene rings is 1. The van der Waals surface area contributed by atoms with Gasteiger partial charge in [-0.1, -0.05) is 23.2 Å². The summed E-state index contributed by atoms with van der Waals surface area (Å²) in [5.41, 5.74) is 1.11. The highest BCUT2D eigenvalue weighted by Gasteiger charge is 2.31. The number of carbonyl (C=O) groups is 2. The zero-order valence-electron chi connectivity index (χ0n) is 8.29. The van der Waals surface area contributed by atoms with Crippen LogP contribution >= 0.6 is 34.5 Å². The Morgan fingerprint density at radius 1 is 0.882 bits per heavy atom. The van der Waals surface area contributed by atoms with E-state index in [4.69, 9.17) is 23.2 Å². The molecule has 1 heterocycles. The third-order valence-corrected chi connectivity index (χ3v) is 4.30. The molecule has 0 amide bonds. The Kier molecular flexibility index (Phi) is 2.36. The Morgan fingerprint density at radius 2 is 1.47 bits per heavy atom. The highest BCUT2D eigenvalue weighted by molar-refractivity contribution is 7.12. The van der Waals surface area contributed by atoms with E-state index in [2.05, 4.69) is 0 Å². The van der Waals surface area contributed by atoms with Crippen molar-refractivity contribution < 1.29 is 9.59 Å². The summed E-state index contributed by atoms with van der Waals surface area (Å²) in [6.07, 6.45) is 0. The molecule has 1 aliphatic carbocycles. The van der Waals surface area contributed by atoms with E-state index in [1.165, 1.54) is 23.5 Å². The normalized spacial score (nSPS) is 13.5. The summed E-state index contributed by atoms with van der Waals surface area (Å²) in [7, 11) is 0. The summed E-state index contributed by atoms with van der Waals surface area (Å²) in [5.74, 6) is -0.336. The maximum absolute atomic E-state index is 12.1. The minimum absolute atomic E-state index is 0.164. The van der Waals surface area contributed by atoms with Crippen molar-refractivity contribution in [1.82, 2.24) is 0 Å². The molecule has 0 bridgehead atoms. The molecule has 1 aromatic carbocycles. The summed E-state index contributed by atoms with van der Waals surface area (Å²) in [6.45, 7) is 0. The number of rotatable bonds is 0. The van der Waals surface area contributed by atoms with E-state index in [-0.39, 0.29) is 21.6 Å². The second-order valence-electron chi connectivity index (χ2n) is 3.63. The van der Waals surface area contributed by atoms with Crippen molar-refractivity contribution in [3.8, 4) is 0 Å². The van der Waals surface area contributed by atoms with Crippen LogP contribution in [0.3, 0.4) is 0 Å². The largest absolute Gasteiger partial charge is 0.289 e. The van der Waals surface area contributed by atoms with E-state index >= 15 is 0 Å². The first-order chi connectivity index (χ1) is 8.09. The number of hydrogen-bond acceptors (Lipinski definition) is 3. The van der Waals surface area contributed by atoms with Gasteiger partial charge in [0.15, 0.2) is 5.78 Å². The number of benzene rings is 1. The maximum Gasteiger partial charge on any atom is 0.204 e. The van der Waals surface area contributed by atoms with Crippen molar-refractivity contribution >= 4 is 46.1 Å². The summed E-state index contributed by atoms with van der Waals surface area (Å²) in [4.78, 5) is 24.7. The van der Waals surface area contributed by atoms with Crippen LogP contribution in [0.1, 0.15) is 31.2 Å². The molecule has 0 saturated carbocycles. The van der Waals surface area contributed by atoms with Crippen LogP contribution in [0.4, 0.5) is 0 Å². The standard InChI is InChI=1S/C12H4Cl2O2S/c13-8-3-6-7(4-9(8)14)11(16)12-5(10(6)15)1-2-17-12/h1-4H. The van der Waals surface area contributed by atoms with Crippen molar-refractivity contribution in [1.29, 1.82) is 0 Å². The lowest BCUT2D eigenvalue weighted by Crippen LogP contribution is -2.18. The Balaban J connectivity index is 2.34.